The Morgan fingerprint density at radius 1 is 1.14 bits per heavy atom. The number of aromatic nitrogens is 1. The molecule has 0 unspecified atom stereocenters. The van der Waals surface area contributed by atoms with E-state index in [4.69, 9.17) is 4.74 Å². The van der Waals surface area contributed by atoms with E-state index in [9.17, 15) is 4.79 Å². The Morgan fingerprint density at radius 2 is 1.82 bits per heavy atom. The molecule has 0 bridgehead atoms. The van der Waals surface area contributed by atoms with Crippen LogP contribution in [0.25, 0.3) is 0 Å². The average molecular weight is 298 g/mol. The summed E-state index contributed by atoms with van der Waals surface area (Å²) < 4.78 is 5.69. The number of benzene rings is 1. The standard InChI is InChI=1S/C18H22N2O2/c1-18(2,3)15-6-4-5-7-16(15)22-13-17(21)20-12-14-8-10-19-11-9-14/h4-11H,12-13H2,1-3H3,(H,20,21). The second kappa shape index (κ2) is 7.07. The zero-order chi connectivity index (χ0) is 16.0. The number of amides is 1. The molecule has 4 nitrogen and oxygen atoms in total. The van der Waals surface area contributed by atoms with Crippen LogP contribution in [0.3, 0.4) is 0 Å². The predicted molar refractivity (Wildman–Crippen MR) is 86.7 cm³/mol. The van der Waals surface area contributed by atoms with E-state index in [-0.39, 0.29) is 17.9 Å². The van der Waals surface area contributed by atoms with E-state index in [1.54, 1.807) is 12.4 Å². The quantitative estimate of drug-likeness (QED) is 0.923. The molecule has 0 fully saturated rings. The van der Waals surface area contributed by atoms with Crippen LogP contribution in [0.5, 0.6) is 5.75 Å². The van der Waals surface area contributed by atoms with Gasteiger partial charge in [0.15, 0.2) is 6.61 Å². The lowest BCUT2D eigenvalue weighted by Gasteiger charge is -2.22. The van der Waals surface area contributed by atoms with Gasteiger partial charge in [-0.2, -0.15) is 0 Å². The van der Waals surface area contributed by atoms with Gasteiger partial charge in [0.05, 0.1) is 0 Å². The van der Waals surface area contributed by atoms with Gasteiger partial charge in [-0.1, -0.05) is 39.0 Å². The van der Waals surface area contributed by atoms with Gasteiger partial charge in [-0.3, -0.25) is 9.78 Å². The molecule has 0 aliphatic heterocycles. The lowest BCUT2D eigenvalue weighted by Crippen LogP contribution is -2.29. The molecule has 1 aromatic heterocycles. The maximum atomic E-state index is 11.9. The van der Waals surface area contributed by atoms with Crippen LogP contribution in [-0.4, -0.2) is 17.5 Å². The molecule has 1 aromatic carbocycles. The lowest BCUT2D eigenvalue weighted by molar-refractivity contribution is -0.123. The first kappa shape index (κ1) is 16.0. The third-order valence-corrected chi connectivity index (χ3v) is 3.29. The summed E-state index contributed by atoms with van der Waals surface area (Å²) in [6.45, 7) is 6.86. The largest absolute Gasteiger partial charge is 0.483 e. The Hall–Kier alpha value is -2.36. The predicted octanol–water partition coefficient (Wildman–Crippen LogP) is 3.07. The number of ether oxygens (including phenoxy) is 1. The Balaban J connectivity index is 1.89. The first-order chi connectivity index (χ1) is 10.5. The summed E-state index contributed by atoms with van der Waals surface area (Å²) in [5, 5.41) is 2.84. The normalized spacial score (nSPS) is 11.0. The molecule has 0 spiro atoms. The van der Waals surface area contributed by atoms with Gasteiger partial charge in [0.2, 0.25) is 0 Å². The highest BCUT2D eigenvalue weighted by Gasteiger charge is 2.18. The molecule has 116 valence electrons. The highest BCUT2D eigenvalue weighted by molar-refractivity contribution is 5.77. The molecule has 0 atom stereocenters. The minimum Gasteiger partial charge on any atom is -0.483 e. The molecular formula is C18H22N2O2. The Labute approximate surface area is 131 Å². The van der Waals surface area contributed by atoms with Gasteiger partial charge in [-0.05, 0) is 34.7 Å². The van der Waals surface area contributed by atoms with E-state index < -0.39 is 0 Å². The number of para-hydroxylation sites is 1. The van der Waals surface area contributed by atoms with Crippen molar-refractivity contribution in [3.05, 3.63) is 59.9 Å². The first-order valence-corrected chi connectivity index (χ1v) is 7.35. The Kier molecular flexibility index (Phi) is 5.15. The molecule has 2 aromatic rings. The monoisotopic (exact) mass is 298 g/mol. The Morgan fingerprint density at radius 3 is 2.50 bits per heavy atom. The number of hydrogen-bond donors (Lipinski definition) is 1. The third-order valence-electron chi connectivity index (χ3n) is 3.29. The smallest absolute Gasteiger partial charge is 0.258 e. The van der Waals surface area contributed by atoms with E-state index in [0.717, 1.165) is 16.9 Å². The summed E-state index contributed by atoms with van der Waals surface area (Å²) >= 11 is 0. The van der Waals surface area contributed by atoms with Crippen molar-refractivity contribution in [2.45, 2.75) is 32.7 Å². The summed E-state index contributed by atoms with van der Waals surface area (Å²) in [6.07, 6.45) is 3.41. The van der Waals surface area contributed by atoms with Crippen LogP contribution in [0, 0.1) is 0 Å². The number of hydrogen-bond acceptors (Lipinski definition) is 3. The fourth-order valence-electron chi connectivity index (χ4n) is 2.11. The number of carbonyl (C=O) groups is 1. The molecule has 1 amide bonds. The summed E-state index contributed by atoms with van der Waals surface area (Å²) in [6, 6.07) is 11.6. The van der Waals surface area contributed by atoms with Crippen LogP contribution in [0.2, 0.25) is 0 Å². The van der Waals surface area contributed by atoms with Gasteiger partial charge in [0.25, 0.3) is 5.91 Å². The summed E-state index contributed by atoms with van der Waals surface area (Å²) in [4.78, 5) is 15.8. The van der Waals surface area contributed by atoms with Gasteiger partial charge in [0, 0.05) is 18.9 Å². The second-order valence-corrected chi connectivity index (χ2v) is 6.17. The van der Waals surface area contributed by atoms with Crippen molar-refractivity contribution in [1.29, 1.82) is 0 Å². The molecule has 0 aliphatic carbocycles. The van der Waals surface area contributed by atoms with Crippen LogP contribution in [0.1, 0.15) is 31.9 Å². The van der Waals surface area contributed by atoms with Crippen LogP contribution >= 0.6 is 0 Å². The van der Waals surface area contributed by atoms with Gasteiger partial charge in [0.1, 0.15) is 5.75 Å². The molecule has 0 radical (unpaired) electrons. The maximum absolute atomic E-state index is 11.9. The molecule has 0 saturated heterocycles. The zero-order valence-electron chi connectivity index (χ0n) is 13.3. The third kappa shape index (κ3) is 4.58. The van der Waals surface area contributed by atoms with Crippen molar-refractivity contribution in [3.8, 4) is 5.75 Å². The molecule has 4 heteroatoms. The minimum absolute atomic E-state index is 0.0121. The summed E-state index contributed by atoms with van der Waals surface area (Å²) in [5.74, 6) is 0.620. The van der Waals surface area contributed by atoms with Crippen molar-refractivity contribution >= 4 is 5.91 Å². The van der Waals surface area contributed by atoms with Crippen molar-refractivity contribution in [2.24, 2.45) is 0 Å². The number of pyridine rings is 1. The molecular weight excluding hydrogens is 276 g/mol. The van der Waals surface area contributed by atoms with E-state index in [1.807, 2.05) is 36.4 Å². The number of rotatable bonds is 5. The second-order valence-electron chi connectivity index (χ2n) is 6.17. The first-order valence-electron chi connectivity index (χ1n) is 7.35. The highest BCUT2D eigenvalue weighted by Crippen LogP contribution is 2.30. The number of nitrogens with zero attached hydrogens (tertiary/aromatic N) is 1. The SMILES string of the molecule is CC(C)(C)c1ccccc1OCC(=O)NCc1ccncc1. The zero-order valence-corrected chi connectivity index (χ0v) is 13.3. The van der Waals surface area contributed by atoms with Crippen LogP contribution in [-0.2, 0) is 16.8 Å². The molecule has 2 rings (SSSR count). The number of nitrogens with one attached hydrogen (secondary N) is 1. The molecule has 0 saturated carbocycles. The van der Waals surface area contributed by atoms with Crippen molar-refractivity contribution in [2.75, 3.05) is 6.61 Å². The Bertz CT molecular complexity index is 618. The number of carbonyl (C=O) groups excluding carboxylic acids is 1. The fraction of sp³-hybridized carbons (Fsp3) is 0.333. The van der Waals surface area contributed by atoms with E-state index >= 15 is 0 Å². The molecule has 22 heavy (non-hydrogen) atoms. The van der Waals surface area contributed by atoms with Crippen molar-refractivity contribution in [1.82, 2.24) is 10.3 Å². The van der Waals surface area contributed by atoms with Crippen molar-refractivity contribution in [3.63, 3.8) is 0 Å². The lowest BCUT2D eigenvalue weighted by atomic mass is 9.86. The van der Waals surface area contributed by atoms with E-state index in [1.165, 1.54) is 0 Å². The van der Waals surface area contributed by atoms with Gasteiger partial charge in [-0.15, -0.1) is 0 Å². The summed E-state index contributed by atoms with van der Waals surface area (Å²) in [7, 11) is 0. The molecule has 1 N–H and O–H groups in total. The van der Waals surface area contributed by atoms with Gasteiger partial charge in [-0.25, -0.2) is 0 Å². The van der Waals surface area contributed by atoms with Crippen LogP contribution < -0.4 is 10.1 Å². The summed E-state index contributed by atoms with van der Waals surface area (Å²) in [5.41, 5.74) is 2.08. The molecule has 1 heterocycles. The topological polar surface area (TPSA) is 51.2 Å². The highest BCUT2D eigenvalue weighted by atomic mass is 16.5. The van der Waals surface area contributed by atoms with Crippen LogP contribution in [0.4, 0.5) is 0 Å². The van der Waals surface area contributed by atoms with Crippen molar-refractivity contribution < 1.29 is 9.53 Å². The maximum Gasteiger partial charge on any atom is 0.258 e. The van der Waals surface area contributed by atoms with Crippen LogP contribution in [0.15, 0.2) is 48.8 Å². The van der Waals surface area contributed by atoms with E-state index in [0.29, 0.717) is 6.54 Å². The van der Waals surface area contributed by atoms with Gasteiger partial charge < -0.3 is 10.1 Å². The molecule has 0 aliphatic rings. The van der Waals surface area contributed by atoms with E-state index in [2.05, 4.69) is 31.1 Å². The average Bonchev–Trinajstić information content (AvgIpc) is 2.51. The van der Waals surface area contributed by atoms with Gasteiger partial charge >= 0.3 is 0 Å². The fourth-order valence-corrected chi connectivity index (χ4v) is 2.11. The minimum atomic E-state index is -0.138.